The number of Topliss-reactive ketones (excluding diaryl/α,β-unsaturated/α-hetero) is 1. The molecule has 2 N–H and O–H groups in total. The van der Waals surface area contributed by atoms with Crippen molar-refractivity contribution in [1.29, 1.82) is 0 Å². The molecule has 3 rings (SSSR count). The number of rotatable bonds is 8. The summed E-state index contributed by atoms with van der Waals surface area (Å²) >= 11 is 1.47. The number of aliphatic hydroxyl groups is 1. The van der Waals surface area contributed by atoms with Crippen molar-refractivity contribution in [3.63, 3.8) is 0 Å². The highest BCUT2D eigenvalue weighted by molar-refractivity contribution is 7.14. The maximum absolute atomic E-state index is 12.1. The molecular weight excluding hydrogens is 372 g/mol. The summed E-state index contributed by atoms with van der Waals surface area (Å²) < 4.78 is 0. The van der Waals surface area contributed by atoms with Crippen LogP contribution in [0.1, 0.15) is 51.4 Å². The number of carbonyl (C=O) groups is 2. The number of nitrogens with one attached hydrogen (secondary N) is 1. The molecule has 1 aliphatic rings. The van der Waals surface area contributed by atoms with Crippen LogP contribution in [-0.2, 0) is 17.9 Å². The van der Waals surface area contributed by atoms with Gasteiger partial charge in [0.05, 0.1) is 11.0 Å². The Morgan fingerprint density at radius 1 is 1.07 bits per heavy atom. The van der Waals surface area contributed by atoms with E-state index in [0.29, 0.717) is 6.54 Å². The molecule has 0 unspecified atom stereocenters. The first-order valence-corrected chi connectivity index (χ1v) is 10.7. The molecule has 2 aromatic rings. The second kappa shape index (κ2) is 9.96. The fourth-order valence-electron chi connectivity index (χ4n) is 3.32. The van der Waals surface area contributed by atoms with E-state index in [2.05, 4.69) is 22.3 Å². The molecular formula is C22H28N2O3S. The molecule has 5 nitrogen and oxygen atoms in total. The lowest BCUT2D eigenvalue weighted by atomic mass is 10.1. The number of thiophene rings is 1. The van der Waals surface area contributed by atoms with Gasteiger partial charge in [0.25, 0.3) is 0 Å². The lowest BCUT2D eigenvalue weighted by Gasteiger charge is -2.29. The van der Waals surface area contributed by atoms with Gasteiger partial charge < -0.3 is 10.4 Å². The topological polar surface area (TPSA) is 69.6 Å². The van der Waals surface area contributed by atoms with Gasteiger partial charge in [-0.15, -0.1) is 11.3 Å². The summed E-state index contributed by atoms with van der Waals surface area (Å²) in [6.07, 6.45) is 2.01. The Kier molecular flexibility index (Phi) is 7.36. The van der Waals surface area contributed by atoms with E-state index in [0.717, 1.165) is 47.8 Å². The summed E-state index contributed by atoms with van der Waals surface area (Å²) in [5, 5.41) is 12.5. The summed E-state index contributed by atoms with van der Waals surface area (Å²) in [5.74, 6) is -0.0691. The van der Waals surface area contributed by atoms with Crippen LogP contribution >= 0.6 is 11.3 Å². The Balaban J connectivity index is 1.38. The van der Waals surface area contributed by atoms with Gasteiger partial charge in [0.2, 0.25) is 5.91 Å². The van der Waals surface area contributed by atoms with Gasteiger partial charge in [0.1, 0.15) is 0 Å². The Morgan fingerprint density at radius 2 is 1.75 bits per heavy atom. The van der Waals surface area contributed by atoms with Crippen LogP contribution < -0.4 is 5.32 Å². The summed E-state index contributed by atoms with van der Waals surface area (Å²) in [6, 6.07) is 12.0. The van der Waals surface area contributed by atoms with Crippen LogP contribution in [0.2, 0.25) is 0 Å². The average Bonchev–Trinajstić information content (AvgIpc) is 3.14. The quantitative estimate of drug-likeness (QED) is 0.667. The largest absolute Gasteiger partial charge is 0.393 e. The fraction of sp³-hybridized carbons (Fsp3) is 0.455. The van der Waals surface area contributed by atoms with E-state index in [9.17, 15) is 14.7 Å². The molecule has 0 atom stereocenters. The molecule has 28 heavy (non-hydrogen) atoms. The van der Waals surface area contributed by atoms with E-state index in [1.165, 1.54) is 16.9 Å². The highest BCUT2D eigenvalue weighted by atomic mass is 32.1. The highest BCUT2D eigenvalue weighted by Crippen LogP contribution is 2.17. The van der Waals surface area contributed by atoms with Gasteiger partial charge in [-0.25, -0.2) is 0 Å². The molecule has 1 fully saturated rings. The Labute approximate surface area is 170 Å². The molecule has 0 radical (unpaired) electrons. The van der Waals surface area contributed by atoms with Gasteiger partial charge in [-0.1, -0.05) is 24.3 Å². The molecule has 2 heterocycles. The van der Waals surface area contributed by atoms with Crippen molar-refractivity contribution in [2.45, 2.75) is 51.8 Å². The number of ketones is 1. The number of nitrogens with zero attached hydrogens (tertiary/aromatic N) is 1. The molecule has 6 heteroatoms. The molecule has 1 amide bonds. The summed E-state index contributed by atoms with van der Waals surface area (Å²) in [6.45, 7) is 5.20. The number of likely N-dealkylation sites (tertiary alicyclic amines) is 1. The van der Waals surface area contributed by atoms with Crippen LogP contribution in [0.3, 0.4) is 0 Å². The van der Waals surface area contributed by atoms with Gasteiger partial charge in [0.15, 0.2) is 5.78 Å². The van der Waals surface area contributed by atoms with Crippen molar-refractivity contribution in [3.8, 4) is 0 Å². The Morgan fingerprint density at radius 3 is 2.39 bits per heavy atom. The Hall–Kier alpha value is -2.02. The fourth-order valence-corrected chi connectivity index (χ4v) is 4.16. The number of hydrogen-bond acceptors (Lipinski definition) is 5. The molecule has 1 aromatic heterocycles. The number of aryl methyl sites for hydroxylation is 1. The molecule has 0 spiro atoms. The minimum atomic E-state index is -0.146. The third-order valence-corrected chi connectivity index (χ3v) is 6.11. The number of hydrogen-bond donors (Lipinski definition) is 2. The van der Waals surface area contributed by atoms with Gasteiger partial charge in [-0.3, -0.25) is 14.5 Å². The first kappa shape index (κ1) is 20.7. The molecule has 150 valence electrons. The number of aliphatic hydroxyl groups excluding tert-OH is 1. The minimum absolute atomic E-state index is 0.0304. The predicted molar refractivity (Wildman–Crippen MR) is 111 cm³/mol. The van der Waals surface area contributed by atoms with E-state index in [-0.39, 0.29) is 30.6 Å². The highest BCUT2D eigenvalue weighted by Gasteiger charge is 2.16. The van der Waals surface area contributed by atoms with Gasteiger partial charge in [0, 0.05) is 43.9 Å². The number of piperidine rings is 1. The average molecular weight is 401 g/mol. The summed E-state index contributed by atoms with van der Waals surface area (Å²) in [4.78, 5) is 28.3. The monoisotopic (exact) mass is 400 g/mol. The van der Waals surface area contributed by atoms with E-state index >= 15 is 0 Å². The van der Waals surface area contributed by atoms with E-state index in [1.807, 2.05) is 31.2 Å². The molecule has 1 aromatic carbocycles. The number of amides is 1. The number of carbonyl (C=O) groups excluding carboxylic acids is 2. The predicted octanol–water partition coefficient (Wildman–Crippen LogP) is 3.29. The molecule has 0 saturated carbocycles. The van der Waals surface area contributed by atoms with Crippen molar-refractivity contribution >= 4 is 23.0 Å². The van der Waals surface area contributed by atoms with Gasteiger partial charge in [-0.2, -0.15) is 0 Å². The van der Waals surface area contributed by atoms with Gasteiger partial charge in [-0.05, 0) is 43.0 Å². The zero-order valence-corrected chi connectivity index (χ0v) is 17.1. The normalized spacial score (nSPS) is 15.5. The lowest BCUT2D eigenvalue weighted by Crippen LogP contribution is -2.35. The number of benzene rings is 1. The molecule has 1 aliphatic heterocycles. The zero-order chi connectivity index (χ0) is 19.9. The summed E-state index contributed by atoms with van der Waals surface area (Å²) in [5.41, 5.74) is 2.29. The van der Waals surface area contributed by atoms with E-state index in [1.54, 1.807) is 0 Å². The van der Waals surface area contributed by atoms with Crippen LogP contribution in [-0.4, -0.2) is 40.9 Å². The van der Waals surface area contributed by atoms with Crippen LogP contribution in [0.5, 0.6) is 0 Å². The third-order valence-electron chi connectivity index (χ3n) is 5.07. The van der Waals surface area contributed by atoms with Crippen molar-refractivity contribution in [2.24, 2.45) is 0 Å². The SMILES string of the molecule is Cc1ccc(C(=O)CCC(=O)NCc2ccc(CN3CCC(O)CC3)cc2)s1. The van der Waals surface area contributed by atoms with Crippen LogP contribution in [0.25, 0.3) is 0 Å². The second-order valence-electron chi connectivity index (χ2n) is 7.43. The van der Waals surface area contributed by atoms with Crippen LogP contribution in [0, 0.1) is 6.92 Å². The summed E-state index contributed by atoms with van der Waals surface area (Å²) in [7, 11) is 0. The lowest BCUT2D eigenvalue weighted by molar-refractivity contribution is -0.121. The van der Waals surface area contributed by atoms with E-state index in [4.69, 9.17) is 0 Å². The van der Waals surface area contributed by atoms with Gasteiger partial charge >= 0.3 is 0 Å². The Bertz CT molecular complexity index is 792. The molecule has 0 aliphatic carbocycles. The molecule has 1 saturated heterocycles. The third kappa shape index (κ3) is 6.26. The van der Waals surface area contributed by atoms with E-state index < -0.39 is 0 Å². The maximum Gasteiger partial charge on any atom is 0.220 e. The molecule has 0 bridgehead atoms. The first-order valence-electron chi connectivity index (χ1n) is 9.84. The van der Waals surface area contributed by atoms with Crippen LogP contribution in [0.15, 0.2) is 36.4 Å². The van der Waals surface area contributed by atoms with Crippen molar-refractivity contribution < 1.29 is 14.7 Å². The first-order chi connectivity index (χ1) is 13.5. The smallest absolute Gasteiger partial charge is 0.220 e. The van der Waals surface area contributed by atoms with Crippen molar-refractivity contribution in [2.75, 3.05) is 13.1 Å². The zero-order valence-electron chi connectivity index (χ0n) is 16.3. The second-order valence-corrected chi connectivity index (χ2v) is 8.72. The van der Waals surface area contributed by atoms with Crippen LogP contribution in [0.4, 0.5) is 0 Å². The minimum Gasteiger partial charge on any atom is -0.393 e. The standard InChI is InChI=1S/C22H28N2O3S/c1-16-2-8-21(28-16)20(26)7-9-22(27)23-14-17-3-5-18(6-4-17)15-24-12-10-19(25)11-13-24/h2-6,8,19,25H,7,9-15H2,1H3,(H,23,27). The maximum atomic E-state index is 12.1. The van der Waals surface area contributed by atoms with Crippen molar-refractivity contribution in [1.82, 2.24) is 10.2 Å². The van der Waals surface area contributed by atoms with Crippen molar-refractivity contribution in [3.05, 3.63) is 57.3 Å².